The summed E-state index contributed by atoms with van der Waals surface area (Å²) in [5.74, 6) is 1.78. The maximum atomic E-state index is 12.3. The highest BCUT2D eigenvalue weighted by Gasteiger charge is 2.17. The van der Waals surface area contributed by atoms with E-state index in [4.69, 9.17) is 9.15 Å². The van der Waals surface area contributed by atoms with Crippen LogP contribution in [0.2, 0.25) is 0 Å². The number of furan rings is 1. The normalized spacial score (nSPS) is 18.2. The number of benzene rings is 1. The Bertz CT molecular complexity index is 704. The molecule has 3 rings (SSSR count). The molecule has 0 unspecified atom stereocenters. The lowest BCUT2D eigenvalue weighted by Crippen LogP contribution is -2.31. The van der Waals surface area contributed by atoms with Gasteiger partial charge in [0.05, 0.1) is 12.1 Å². The third-order valence-corrected chi connectivity index (χ3v) is 4.50. The van der Waals surface area contributed by atoms with Crippen LogP contribution in [0.15, 0.2) is 40.8 Å². The molecule has 1 aromatic heterocycles. The van der Waals surface area contributed by atoms with Gasteiger partial charge in [-0.3, -0.25) is 4.79 Å². The molecular weight excluding hydrogens is 316 g/mol. The number of hydrogen-bond donors (Lipinski definition) is 2. The van der Waals surface area contributed by atoms with E-state index in [1.165, 1.54) is 0 Å². The van der Waals surface area contributed by atoms with Gasteiger partial charge in [-0.25, -0.2) is 0 Å². The first-order valence-electron chi connectivity index (χ1n) is 8.90. The van der Waals surface area contributed by atoms with Crippen LogP contribution < -0.4 is 10.6 Å². The van der Waals surface area contributed by atoms with Gasteiger partial charge in [0.15, 0.2) is 0 Å². The summed E-state index contributed by atoms with van der Waals surface area (Å²) in [5.41, 5.74) is 1.75. The molecule has 25 heavy (non-hydrogen) atoms. The molecule has 1 saturated heterocycles. The molecule has 0 spiro atoms. The Kier molecular flexibility index (Phi) is 5.89. The van der Waals surface area contributed by atoms with E-state index in [1.807, 2.05) is 43.3 Å². The van der Waals surface area contributed by atoms with Crippen molar-refractivity contribution in [1.29, 1.82) is 0 Å². The number of nitrogens with one attached hydrogen (secondary N) is 2. The predicted octanol–water partition coefficient (Wildman–Crippen LogP) is 3.35. The number of carbonyl (C=O) groups is 1. The van der Waals surface area contributed by atoms with Crippen molar-refractivity contribution in [2.45, 2.75) is 45.4 Å². The summed E-state index contributed by atoms with van der Waals surface area (Å²) in [7, 11) is 0. The second-order valence-electron chi connectivity index (χ2n) is 6.60. The van der Waals surface area contributed by atoms with Crippen LogP contribution in [0.4, 0.5) is 0 Å². The van der Waals surface area contributed by atoms with E-state index in [-0.39, 0.29) is 18.1 Å². The molecule has 0 radical (unpaired) electrons. The van der Waals surface area contributed by atoms with Crippen LogP contribution in [0.25, 0.3) is 0 Å². The van der Waals surface area contributed by atoms with Gasteiger partial charge in [-0.1, -0.05) is 12.1 Å². The van der Waals surface area contributed by atoms with E-state index in [9.17, 15) is 4.79 Å². The highest BCUT2D eigenvalue weighted by Crippen LogP contribution is 2.16. The van der Waals surface area contributed by atoms with Gasteiger partial charge in [0.25, 0.3) is 5.91 Å². The Morgan fingerprint density at radius 2 is 2.20 bits per heavy atom. The number of ether oxygens (including phenoxy) is 1. The quantitative estimate of drug-likeness (QED) is 0.810. The Balaban J connectivity index is 1.52. The van der Waals surface area contributed by atoms with Gasteiger partial charge in [-0.2, -0.15) is 0 Å². The molecular formula is C20H26N2O3. The molecule has 0 aliphatic carbocycles. The van der Waals surface area contributed by atoms with Gasteiger partial charge in [-0.15, -0.1) is 0 Å². The van der Waals surface area contributed by atoms with Crippen LogP contribution >= 0.6 is 0 Å². The maximum absolute atomic E-state index is 12.3. The van der Waals surface area contributed by atoms with Crippen LogP contribution in [0, 0.1) is 6.92 Å². The Hall–Kier alpha value is -2.11. The van der Waals surface area contributed by atoms with Crippen LogP contribution in [0.3, 0.4) is 0 Å². The molecule has 2 aromatic rings. The van der Waals surface area contributed by atoms with Crippen LogP contribution in [-0.2, 0) is 11.3 Å². The number of rotatable bonds is 7. The lowest BCUT2D eigenvalue weighted by Gasteiger charge is -2.13. The number of aryl methyl sites for hydroxylation is 1. The molecule has 1 aliphatic heterocycles. The van der Waals surface area contributed by atoms with Crippen molar-refractivity contribution in [2.24, 2.45) is 0 Å². The van der Waals surface area contributed by atoms with Crippen molar-refractivity contribution in [3.8, 4) is 0 Å². The molecule has 2 heterocycles. The standard InChI is InChI=1S/C20H26N2O3/c1-14-8-9-19(25-14)15(2)21-12-16-5-3-6-17(11-16)20(23)22-13-18-7-4-10-24-18/h3,5-6,8-9,11,15,18,21H,4,7,10,12-13H2,1-2H3,(H,22,23)/t15-,18+/m0/s1. The Labute approximate surface area is 148 Å². The first-order chi connectivity index (χ1) is 12.1. The van der Waals surface area contributed by atoms with E-state index in [0.29, 0.717) is 18.7 Å². The lowest BCUT2D eigenvalue weighted by molar-refractivity contribution is 0.0857. The van der Waals surface area contributed by atoms with Crippen LogP contribution in [0.1, 0.15) is 53.2 Å². The Morgan fingerprint density at radius 3 is 2.92 bits per heavy atom. The highest BCUT2D eigenvalue weighted by molar-refractivity contribution is 5.94. The molecule has 5 nitrogen and oxygen atoms in total. The van der Waals surface area contributed by atoms with Gasteiger partial charge in [0, 0.05) is 25.3 Å². The summed E-state index contributed by atoms with van der Waals surface area (Å²) in [6.07, 6.45) is 2.26. The maximum Gasteiger partial charge on any atom is 0.251 e. The number of amides is 1. The zero-order valence-corrected chi connectivity index (χ0v) is 14.9. The second kappa shape index (κ2) is 8.32. The lowest BCUT2D eigenvalue weighted by atomic mass is 10.1. The first kappa shape index (κ1) is 17.7. The fraction of sp³-hybridized carbons (Fsp3) is 0.450. The molecule has 0 bridgehead atoms. The van der Waals surface area contributed by atoms with Crippen molar-refractivity contribution in [3.63, 3.8) is 0 Å². The molecule has 2 N–H and O–H groups in total. The van der Waals surface area contributed by atoms with E-state index < -0.39 is 0 Å². The topological polar surface area (TPSA) is 63.5 Å². The summed E-state index contributed by atoms with van der Waals surface area (Å²) in [5, 5.41) is 6.39. The third-order valence-electron chi connectivity index (χ3n) is 4.50. The van der Waals surface area contributed by atoms with Crippen molar-refractivity contribution >= 4 is 5.91 Å². The number of hydrogen-bond acceptors (Lipinski definition) is 4. The largest absolute Gasteiger partial charge is 0.465 e. The molecule has 1 fully saturated rings. The minimum Gasteiger partial charge on any atom is -0.465 e. The SMILES string of the molecule is Cc1ccc([C@H](C)NCc2cccc(C(=O)NC[C@H]3CCCO3)c2)o1. The molecule has 134 valence electrons. The predicted molar refractivity (Wildman–Crippen MR) is 96.4 cm³/mol. The summed E-state index contributed by atoms with van der Waals surface area (Å²) in [6.45, 7) is 6.06. The molecule has 2 atom stereocenters. The van der Waals surface area contributed by atoms with Gasteiger partial charge in [0.2, 0.25) is 0 Å². The van der Waals surface area contributed by atoms with E-state index in [1.54, 1.807) is 0 Å². The molecule has 1 aliphatic rings. The summed E-state index contributed by atoms with van der Waals surface area (Å²) in [4.78, 5) is 12.3. The highest BCUT2D eigenvalue weighted by atomic mass is 16.5. The zero-order chi connectivity index (χ0) is 17.6. The van der Waals surface area contributed by atoms with Crippen molar-refractivity contribution in [2.75, 3.05) is 13.2 Å². The minimum atomic E-state index is -0.0490. The van der Waals surface area contributed by atoms with Crippen molar-refractivity contribution < 1.29 is 13.9 Å². The van der Waals surface area contributed by atoms with Crippen molar-refractivity contribution in [1.82, 2.24) is 10.6 Å². The molecule has 0 saturated carbocycles. The molecule has 5 heteroatoms. The van der Waals surface area contributed by atoms with Gasteiger partial charge < -0.3 is 19.8 Å². The van der Waals surface area contributed by atoms with Crippen LogP contribution in [0.5, 0.6) is 0 Å². The first-order valence-corrected chi connectivity index (χ1v) is 8.90. The molecule has 1 amide bonds. The average molecular weight is 342 g/mol. The van der Waals surface area contributed by atoms with E-state index in [0.717, 1.165) is 36.5 Å². The fourth-order valence-corrected chi connectivity index (χ4v) is 2.99. The minimum absolute atomic E-state index is 0.0490. The van der Waals surface area contributed by atoms with Gasteiger partial charge >= 0.3 is 0 Å². The van der Waals surface area contributed by atoms with E-state index in [2.05, 4.69) is 17.6 Å². The number of carbonyl (C=O) groups excluding carboxylic acids is 1. The van der Waals surface area contributed by atoms with Crippen molar-refractivity contribution in [3.05, 3.63) is 59.0 Å². The van der Waals surface area contributed by atoms with Crippen LogP contribution in [-0.4, -0.2) is 25.2 Å². The zero-order valence-electron chi connectivity index (χ0n) is 14.9. The summed E-state index contributed by atoms with van der Waals surface area (Å²) in [6, 6.07) is 11.8. The fourth-order valence-electron chi connectivity index (χ4n) is 2.99. The third kappa shape index (κ3) is 4.94. The summed E-state index contributed by atoms with van der Waals surface area (Å²) >= 11 is 0. The van der Waals surface area contributed by atoms with Gasteiger partial charge in [-0.05, 0) is 56.5 Å². The van der Waals surface area contributed by atoms with E-state index >= 15 is 0 Å². The monoisotopic (exact) mass is 342 g/mol. The van der Waals surface area contributed by atoms with Gasteiger partial charge in [0.1, 0.15) is 11.5 Å². The second-order valence-corrected chi connectivity index (χ2v) is 6.60. The Morgan fingerprint density at radius 1 is 1.32 bits per heavy atom. The summed E-state index contributed by atoms with van der Waals surface area (Å²) < 4.78 is 11.2. The molecule has 1 aromatic carbocycles. The average Bonchev–Trinajstić information content (AvgIpc) is 3.29. The smallest absolute Gasteiger partial charge is 0.251 e.